The quantitative estimate of drug-likeness (QED) is 0.794. The van der Waals surface area contributed by atoms with Crippen molar-refractivity contribution in [3.05, 3.63) is 34.9 Å². The lowest BCUT2D eigenvalue weighted by molar-refractivity contribution is 0.0318. The van der Waals surface area contributed by atoms with Gasteiger partial charge >= 0.3 is 5.97 Å². The van der Waals surface area contributed by atoms with Crippen LogP contribution in [0.5, 0.6) is 0 Å². The molecule has 3 rings (SSSR count). The number of nitrogens with one attached hydrogen (secondary N) is 1. The molecule has 1 aromatic rings. The summed E-state index contributed by atoms with van der Waals surface area (Å²) in [5.74, 6) is -0.161. The maximum Gasteiger partial charge on any atom is 0.338 e. The maximum atomic E-state index is 12.0. The van der Waals surface area contributed by atoms with Crippen molar-refractivity contribution in [1.29, 1.82) is 0 Å². The SMILES string of the molecule is O=C(OC1CCCC1)c1ccc2c(c1)CNC2. The lowest BCUT2D eigenvalue weighted by Crippen LogP contribution is -2.14. The van der Waals surface area contributed by atoms with Crippen molar-refractivity contribution in [2.75, 3.05) is 0 Å². The second-order valence-electron chi connectivity index (χ2n) is 4.90. The largest absolute Gasteiger partial charge is 0.459 e. The van der Waals surface area contributed by atoms with Crippen molar-refractivity contribution in [2.24, 2.45) is 0 Å². The molecule has 1 aliphatic heterocycles. The molecule has 0 spiro atoms. The molecule has 90 valence electrons. The molecule has 0 radical (unpaired) electrons. The molecule has 1 fully saturated rings. The molecule has 2 aliphatic rings. The summed E-state index contributed by atoms with van der Waals surface area (Å²) in [5.41, 5.74) is 3.22. The molecule has 17 heavy (non-hydrogen) atoms. The minimum absolute atomic E-state index is 0.147. The molecular weight excluding hydrogens is 214 g/mol. The van der Waals surface area contributed by atoms with Crippen LogP contribution in [0.1, 0.15) is 47.2 Å². The van der Waals surface area contributed by atoms with Gasteiger partial charge in [0.25, 0.3) is 0 Å². The van der Waals surface area contributed by atoms with Crippen LogP contribution in [-0.4, -0.2) is 12.1 Å². The number of hydrogen-bond acceptors (Lipinski definition) is 3. The zero-order chi connectivity index (χ0) is 11.7. The van der Waals surface area contributed by atoms with Gasteiger partial charge in [-0.05, 0) is 48.9 Å². The third kappa shape index (κ3) is 2.20. The Balaban J connectivity index is 1.72. The fourth-order valence-electron chi connectivity index (χ4n) is 2.65. The van der Waals surface area contributed by atoms with E-state index in [0.717, 1.165) is 25.9 Å². The van der Waals surface area contributed by atoms with E-state index in [9.17, 15) is 4.79 Å². The standard InChI is InChI=1S/C14H17NO2/c16-14(17-13-3-1-2-4-13)10-5-6-11-8-15-9-12(11)7-10/h5-7,13,15H,1-4,8-9H2. The van der Waals surface area contributed by atoms with E-state index in [4.69, 9.17) is 4.74 Å². The third-order valence-electron chi connectivity index (χ3n) is 3.65. The highest BCUT2D eigenvalue weighted by Crippen LogP contribution is 2.23. The van der Waals surface area contributed by atoms with Gasteiger partial charge in [0.2, 0.25) is 0 Å². The van der Waals surface area contributed by atoms with Gasteiger partial charge in [-0.15, -0.1) is 0 Å². The van der Waals surface area contributed by atoms with E-state index in [1.165, 1.54) is 24.0 Å². The summed E-state index contributed by atoms with van der Waals surface area (Å²) in [7, 11) is 0. The van der Waals surface area contributed by atoms with E-state index in [-0.39, 0.29) is 12.1 Å². The first-order valence-electron chi connectivity index (χ1n) is 6.36. The van der Waals surface area contributed by atoms with Crippen LogP contribution in [0.2, 0.25) is 0 Å². The normalized spacial score (nSPS) is 19.3. The van der Waals surface area contributed by atoms with Gasteiger partial charge < -0.3 is 10.1 Å². The third-order valence-corrected chi connectivity index (χ3v) is 3.65. The van der Waals surface area contributed by atoms with E-state index in [0.29, 0.717) is 5.56 Å². The van der Waals surface area contributed by atoms with E-state index in [1.807, 2.05) is 18.2 Å². The molecule has 0 amide bonds. The smallest absolute Gasteiger partial charge is 0.338 e. The molecule has 3 heteroatoms. The van der Waals surface area contributed by atoms with Crippen LogP contribution in [-0.2, 0) is 17.8 Å². The number of fused-ring (bicyclic) bond motifs is 1. The van der Waals surface area contributed by atoms with Gasteiger partial charge in [0.05, 0.1) is 5.56 Å². The number of hydrogen-bond donors (Lipinski definition) is 1. The Bertz CT molecular complexity index is 436. The first-order valence-corrected chi connectivity index (χ1v) is 6.36. The Kier molecular flexibility index (Phi) is 2.85. The summed E-state index contributed by atoms with van der Waals surface area (Å²) in [6, 6.07) is 5.87. The maximum absolute atomic E-state index is 12.0. The lowest BCUT2D eigenvalue weighted by atomic mass is 10.1. The molecule has 1 aliphatic carbocycles. The minimum atomic E-state index is -0.161. The minimum Gasteiger partial charge on any atom is -0.459 e. The molecular formula is C14H17NO2. The molecule has 0 aromatic heterocycles. The number of rotatable bonds is 2. The number of esters is 1. The van der Waals surface area contributed by atoms with Gasteiger partial charge in [0.15, 0.2) is 0 Å². The second-order valence-corrected chi connectivity index (χ2v) is 4.90. The van der Waals surface area contributed by atoms with Crippen molar-refractivity contribution < 1.29 is 9.53 Å². The van der Waals surface area contributed by atoms with Crippen molar-refractivity contribution in [3.63, 3.8) is 0 Å². The summed E-state index contributed by atoms with van der Waals surface area (Å²) in [4.78, 5) is 12.0. The monoisotopic (exact) mass is 231 g/mol. The Morgan fingerprint density at radius 1 is 1.18 bits per heavy atom. The number of carbonyl (C=O) groups is 1. The van der Waals surface area contributed by atoms with Crippen LogP contribution < -0.4 is 5.32 Å². The second kappa shape index (κ2) is 4.49. The molecule has 0 unspecified atom stereocenters. The van der Waals surface area contributed by atoms with Crippen LogP contribution in [0.4, 0.5) is 0 Å². The average Bonchev–Trinajstić information content (AvgIpc) is 2.97. The topological polar surface area (TPSA) is 38.3 Å². The lowest BCUT2D eigenvalue weighted by Gasteiger charge is -2.11. The van der Waals surface area contributed by atoms with E-state index >= 15 is 0 Å². The van der Waals surface area contributed by atoms with Crippen LogP contribution >= 0.6 is 0 Å². The highest BCUT2D eigenvalue weighted by molar-refractivity contribution is 5.89. The van der Waals surface area contributed by atoms with Gasteiger partial charge in [-0.3, -0.25) is 0 Å². The first-order chi connectivity index (χ1) is 8.33. The van der Waals surface area contributed by atoms with E-state index in [1.54, 1.807) is 0 Å². The van der Waals surface area contributed by atoms with E-state index in [2.05, 4.69) is 5.32 Å². The Morgan fingerprint density at radius 2 is 1.94 bits per heavy atom. The molecule has 1 aromatic carbocycles. The van der Waals surface area contributed by atoms with Gasteiger partial charge in [-0.1, -0.05) is 6.07 Å². The van der Waals surface area contributed by atoms with Gasteiger partial charge in [-0.25, -0.2) is 4.79 Å². The summed E-state index contributed by atoms with van der Waals surface area (Å²) in [6.07, 6.45) is 4.57. The number of ether oxygens (including phenoxy) is 1. The fraction of sp³-hybridized carbons (Fsp3) is 0.500. The Labute approximate surface area is 101 Å². The number of benzene rings is 1. The highest BCUT2D eigenvalue weighted by atomic mass is 16.5. The highest BCUT2D eigenvalue weighted by Gasteiger charge is 2.21. The predicted octanol–water partition coefficient (Wildman–Crippen LogP) is 2.39. The van der Waals surface area contributed by atoms with Crippen molar-refractivity contribution in [3.8, 4) is 0 Å². The molecule has 0 atom stereocenters. The van der Waals surface area contributed by atoms with Crippen LogP contribution in [0.3, 0.4) is 0 Å². The summed E-state index contributed by atoms with van der Waals surface area (Å²) in [5, 5.41) is 3.27. The zero-order valence-electron chi connectivity index (χ0n) is 9.87. The Hall–Kier alpha value is -1.35. The first kappa shape index (κ1) is 10.8. The van der Waals surface area contributed by atoms with Crippen LogP contribution in [0, 0.1) is 0 Å². The molecule has 1 N–H and O–H groups in total. The van der Waals surface area contributed by atoms with Crippen molar-refractivity contribution in [1.82, 2.24) is 5.32 Å². The van der Waals surface area contributed by atoms with Crippen LogP contribution in [0.15, 0.2) is 18.2 Å². The summed E-state index contributed by atoms with van der Waals surface area (Å²) in [6.45, 7) is 1.77. The van der Waals surface area contributed by atoms with Gasteiger partial charge in [-0.2, -0.15) is 0 Å². The van der Waals surface area contributed by atoms with Gasteiger partial charge in [0, 0.05) is 13.1 Å². The molecule has 1 saturated carbocycles. The molecule has 0 bridgehead atoms. The average molecular weight is 231 g/mol. The predicted molar refractivity (Wildman–Crippen MR) is 64.7 cm³/mol. The summed E-state index contributed by atoms with van der Waals surface area (Å²) < 4.78 is 5.50. The van der Waals surface area contributed by atoms with Gasteiger partial charge in [0.1, 0.15) is 6.10 Å². The fourth-order valence-corrected chi connectivity index (χ4v) is 2.65. The van der Waals surface area contributed by atoms with E-state index < -0.39 is 0 Å². The van der Waals surface area contributed by atoms with Crippen LogP contribution in [0.25, 0.3) is 0 Å². The zero-order valence-corrected chi connectivity index (χ0v) is 9.87. The number of carbonyl (C=O) groups excluding carboxylic acids is 1. The van der Waals surface area contributed by atoms with Crippen molar-refractivity contribution in [2.45, 2.75) is 44.9 Å². The molecule has 0 saturated heterocycles. The van der Waals surface area contributed by atoms with Crippen molar-refractivity contribution >= 4 is 5.97 Å². The molecule has 1 heterocycles. The summed E-state index contributed by atoms with van der Waals surface area (Å²) >= 11 is 0. The Morgan fingerprint density at radius 3 is 2.76 bits per heavy atom. The molecule has 3 nitrogen and oxygen atoms in total.